The van der Waals surface area contributed by atoms with Crippen LogP contribution < -0.4 is 8.85 Å². The van der Waals surface area contributed by atoms with Gasteiger partial charge in [0.2, 0.25) is 0 Å². The van der Waals surface area contributed by atoms with E-state index in [1.54, 1.807) is 0 Å². The highest BCUT2D eigenvalue weighted by Crippen LogP contribution is 2.57. The van der Waals surface area contributed by atoms with E-state index in [-0.39, 0.29) is 10.1 Å². The summed E-state index contributed by atoms with van der Waals surface area (Å²) in [5.41, 5.74) is 2.29. The van der Waals surface area contributed by atoms with Crippen molar-refractivity contribution in [2.75, 3.05) is 0 Å². The molecule has 0 saturated carbocycles. The maximum Gasteiger partial charge on any atom is 0.471 e. The molecular weight excluding hydrogens is 396 g/mol. The molecule has 2 nitrogen and oxygen atoms in total. The molecule has 0 aromatic heterocycles. The van der Waals surface area contributed by atoms with Crippen LogP contribution in [0.2, 0.25) is 10.1 Å². The molecule has 1 aliphatic rings. The van der Waals surface area contributed by atoms with Gasteiger partial charge in [0, 0.05) is 21.2 Å². The van der Waals surface area contributed by atoms with Crippen molar-refractivity contribution in [3.05, 3.63) is 72.8 Å². The van der Waals surface area contributed by atoms with Gasteiger partial charge in [-0.25, -0.2) is 0 Å². The molecule has 0 fully saturated rings. The molecule has 1 heterocycles. The molecule has 1 aliphatic heterocycles. The summed E-state index contributed by atoms with van der Waals surface area (Å²) in [7, 11) is -2.81. The summed E-state index contributed by atoms with van der Waals surface area (Å²) in [6.07, 6.45) is 0. The first kappa shape index (κ1) is 20.1. The Morgan fingerprint density at radius 1 is 0.516 bits per heavy atom. The van der Waals surface area contributed by atoms with Crippen LogP contribution in [0.3, 0.4) is 0 Å². The highest BCUT2D eigenvalue weighted by atomic mass is 28.4. The Labute approximate surface area is 186 Å². The average Bonchev–Trinajstić information content (AvgIpc) is 2.88. The zero-order valence-corrected chi connectivity index (χ0v) is 20.2. The SMILES string of the molecule is CC(C)(C)[Si]1(C(C)(C)C)Oc2ccc3ccccc3c2-c2c(ccc3ccccc23)O1. The van der Waals surface area contributed by atoms with Crippen molar-refractivity contribution in [2.24, 2.45) is 0 Å². The Kier molecular flexibility index (Phi) is 4.29. The molecule has 3 heteroatoms. The lowest BCUT2D eigenvalue weighted by Gasteiger charge is -2.47. The van der Waals surface area contributed by atoms with Crippen molar-refractivity contribution in [2.45, 2.75) is 51.6 Å². The van der Waals surface area contributed by atoms with E-state index in [0.29, 0.717) is 0 Å². The van der Waals surface area contributed by atoms with E-state index in [0.717, 1.165) is 22.6 Å². The van der Waals surface area contributed by atoms with Crippen LogP contribution in [0.4, 0.5) is 0 Å². The van der Waals surface area contributed by atoms with Crippen molar-refractivity contribution < 1.29 is 8.85 Å². The van der Waals surface area contributed by atoms with Crippen molar-refractivity contribution in [3.63, 3.8) is 0 Å². The molecule has 0 N–H and O–H groups in total. The van der Waals surface area contributed by atoms with E-state index < -0.39 is 8.56 Å². The van der Waals surface area contributed by atoms with Crippen LogP contribution in [0.5, 0.6) is 11.5 Å². The first-order valence-electron chi connectivity index (χ1n) is 11.0. The molecule has 5 rings (SSSR count). The monoisotopic (exact) mass is 426 g/mol. The summed E-state index contributed by atoms with van der Waals surface area (Å²) in [5.74, 6) is 1.87. The van der Waals surface area contributed by atoms with Crippen LogP contribution in [0, 0.1) is 0 Å². The third-order valence-corrected chi connectivity index (χ3v) is 11.5. The fourth-order valence-electron chi connectivity index (χ4n) is 5.26. The fourth-order valence-corrected chi connectivity index (χ4v) is 9.73. The van der Waals surface area contributed by atoms with E-state index in [4.69, 9.17) is 8.85 Å². The van der Waals surface area contributed by atoms with Crippen molar-refractivity contribution in [3.8, 4) is 22.6 Å². The highest BCUT2D eigenvalue weighted by molar-refractivity contribution is 6.75. The van der Waals surface area contributed by atoms with Crippen molar-refractivity contribution >= 4 is 30.1 Å². The van der Waals surface area contributed by atoms with Crippen molar-refractivity contribution in [1.82, 2.24) is 0 Å². The zero-order valence-electron chi connectivity index (χ0n) is 19.2. The number of hydrogen-bond acceptors (Lipinski definition) is 2. The Bertz CT molecular complexity index is 1210. The minimum Gasteiger partial charge on any atom is -0.511 e. The van der Waals surface area contributed by atoms with Crippen LogP contribution in [0.1, 0.15) is 41.5 Å². The number of rotatable bonds is 0. The van der Waals surface area contributed by atoms with Crippen LogP contribution in [-0.4, -0.2) is 8.56 Å². The summed E-state index contributed by atoms with van der Waals surface area (Å²) < 4.78 is 14.3. The molecule has 0 unspecified atom stereocenters. The number of hydrogen-bond donors (Lipinski definition) is 0. The standard InChI is InChI=1S/C28H30O2Si/c1-27(2,3)31(28(4,5)6)29-23-17-15-19-11-7-9-13-21(19)25(23)26-22-14-10-8-12-20(22)16-18-24(26)30-31/h7-18H,1-6H3. The van der Waals surface area contributed by atoms with E-state index in [9.17, 15) is 0 Å². The Morgan fingerprint density at radius 2 is 0.903 bits per heavy atom. The van der Waals surface area contributed by atoms with Gasteiger partial charge in [-0.15, -0.1) is 0 Å². The van der Waals surface area contributed by atoms with E-state index in [1.165, 1.54) is 21.5 Å². The van der Waals surface area contributed by atoms with Gasteiger partial charge in [0.15, 0.2) is 0 Å². The second-order valence-electron chi connectivity index (χ2n) is 10.6. The quantitative estimate of drug-likeness (QED) is 0.262. The van der Waals surface area contributed by atoms with Gasteiger partial charge in [0.1, 0.15) is 11.5 Å². The molecule has 4 aromatic rings. The maximum absolute atomic E-state index is 7.13. The first-order valence-corrected chi connectivity index (χ1v) is 12.9. The molecule has 158 valence electrons. The molecule has 0 amide bonds. The average molecular weight is 427 g/mol. The van der Waals surface area contributed by atoms with E-state index in [1.807, 2.05) is 0 Å². The first-order chi connectivity index (χ1) is 14.6. The van der Waals surface area contributed by atoms with Crippen LogP contribution in [-0.2, 0) is 0 Å². The normalized spacial score (nSPS) is 15.5. The highest BCUT2D eigenvalue weighted by Gasteiger charge is 2.63. The van der Waals surface area contributed by atoms with Crippen LogP contribution in [0.15, 0.2) is 72.8 Å². The molecular formula is C28H30O2Si. The van der Waals surface area contributed by atoms with Gasteiger partial charge >= 0.3 is 8.56 Å². The van der Waals surface area contributed by atoms with Gasteiger partial charge in [-0.2, -0.15) is 0 Å². The lowest BCUT2D eigenvalue weighted by Crippen LogP contribution is -2.62. The van der Waals surface area contributed by atoms with Crippen LogP contribution in [0.25, 0.3) is 32.7 Å². The van der Waals surface area contributed by atoms with Gasteiger partial charge in [-0.1, -0.05) is 102 Å². The van der Waals surface area contributed by atoms with Gasteiger partial charge in [0.05, 0.1) is 0 Å². The van der Waals surface area contributed by atoms with Crippen LogP contribution >= 0.6 is 0 Å². The Hall–Kier alpha value is -2.78. The summed E-state index contributed by atoms with van der Waals surface area (Å²) in [6.45, 7) is 13.6. The zero-order chi connectivity index (χ0) is 22.0. The molecule has 0 atom stereocenters. The van der Waals surface area contributed by atoms with Gasteiger partial charge in [-0.05, 0) is 33.7 Å². The lowest BCUT2D eigenvalue weighted by molar-refractivity contribution is 0.299. The molecule has 0 radical (unpaired) electrons. The third-order valence-electron chi connectivity index (χ3n) is 6.51. The van der Waals surface area contributed by atoms with Gasteiger partial charge < -0.3 is 8.85 Å². The predicted molar refractivity (Wildman–Crippen MR) is 133 cm³/mol. The molecule has 31 heavy (non-hydrogen) atoms. The predicted octanol–water partition coefficient (Wildman–Crippen LogP) is 8.47. The molecule has 0 bridgehead atoms. The largest absolute Gasteiger partial charge is 0.511 e. The molecule has 0 spiro atoms. The van der Waals surface area contributed by atoms with E-state index >= 15 is 0 Å². The van der Waals surface area contributed by atoms with Gasteiger partial charge in [-0.3, -0.25) is 0 Å². The van der Waals surface area contributed by atoms with Crippen molar-refractivity contribution in [1.29, 1.82) is 0 Å². The third kappa shape index (κ3) is 2.90. The summed E-state index contributed by atoms with van der Waals surface area (Å²) in [6, 6.07) is 25.8. The summed E-state index contributed by atoms with van der Waals surface area (Å²) >= 11 is 0. The minimum absolute atomic E-state index is 0.137. The fraction of sp³-hybridized carbons (Fsp3) is 0.286. The second kappa shape index (κ2) is 6.61. The molecule has 4 aromatic carbocycles. The number of benzene rings is 4. The summed E-state index contributed by atoms with van der Waals surface area (Å²) in [4.78, 5) is 0. The minimum atomic E-state index is -2.81. The summed E-state index contributed by atoms with van der Waals surface area (Å²) in [5, 5.41) is 4.56. The maximum atomic E-state index is 7.13. The van der Waals surface area contributed by atoms with E-state index in [2.05, 4.69) is 114 Å². The second-order valence-corrected chi connectivity index (χ2v) is 15.3. The lowest BCUT2D eigenvalue weighted by atomic mass is 9.92. The number of fused-ring (bicyclic) bond motifs is 7. The van der Waals surface area contributed by atoms with Gasteiger partial charge in [0.25, 0.3) is 0 Å². The smallest absolute Gasteiger partial charge is 0.471 e. The Morgan fingerprint density at radius 3 is 1.29 bits per heavy atom. The molecule has 0 saturated heterocycles. The Balaban J connectivity index is 1.98. The molecule has 0 aliphatic carbocycles. The topological polar surface area (TPSA) is 18.5 Å².